The molecule has 0 spiro atoms. The van der Waals surface area contributed by atoms with E-state index in [0.29, 0.717) is 31.5 Å². The van der Waals surface area contributed by atoms with Gasteiger partial charge in [0.25, 0.3) is 0 Å². The number of carbonyl (C=O) groups is 1. The Morgan fingerprint density at radius 1 is 0.867 bits per heavy atom. The normalized spacial score (nSPS) is 11.1. The van der Waals surface area contributed by atoms with E-state index < -0.39 is 0 Å². The van der Waals surface area contributed by atoms with E-state index in [0.717, 1.165) is 90.5 Å². The van der Waals surface area contributed by atoms with Crippen molar-refractivity contribution in [3.8, 4) is 11.5 Å². The van der Waals surface area contributed by atoms with E-state index in [-0.39, 0.29) is 17.5 Å². The van der Waals surface area contributed by atoms with Gasteiger partial charge in [-0.05, 0) is 76.8 Å². The third-order valence-corrected chi connectivity index (χ3v) is 6.00. The number of hydrogen-bond donors (Lipinski definition) is 7. The fourth-order valence-electron chi connectivity index (χ4n) is 3.75. The van der Waals surface area contributed by atoms with E-state index in [9.17, 15) is 15.0 Å². The fraction of sp³-hybridized carbons (Fsp3) is 0.735. The van der Waals surface area contributed by atoms with Crippen LogP contribution in [0.5, 0.6) is 11.5 Å². The first kappa shape index (κ1) is 46.7. The number of nitrogens with one attached hydrogen (secondary N) is 3. The van der Waals surface area contributed by atoms with E-state index >= 15 is 0 Å². The van der Waals surface area contributed by atoms with Gasteiger partial charge in [-0.15, -0.1) is 0 Å². The van der Waals surface area contributed by atoms with Gasteiger partial charge < -0.3 is 51.2 Å². The van der Waals surface area contributed by atoms with Crippen molar-refractivity contribution in [1.29, 1.82) is 0 Å². The van der Waals surface area contributed by atoms with Gasteiger partial charge in [0, 0.05) is 63.7 Å². The molecule has 1 unspecified atom stereocenters. The number of benzene rings is 1. The van der Waals surface area contributed by atoms with Crippen molar-refractivity contribution >= 4 is 11.7 Å². The monoisotopic (exact) mass is 645 g/mol. The van der Waals surface area contributed by atoms with Gasteiger partial charge in [-0.1, -0.05) is 41.0 Å². The number of phenols is 2. The van der Waals surface area contributed by atoms with Crippen LogP contribution in [-0.4, -0.2) is 80.7 Å². The molecular formula is C34H68N4O7. The summed E-state index contributed by atoms with van der Waals surface area (Å²) in [5.74, 6) is -0.513. The molecule has 1 atom stereocenters. The maximum absolute atomic E-state index is 11.8. The Labute approximate surface area is 274 Å². The molecule has 11 heteroatoms. The molecule has 11 nitrogen and oxygen atoms in total. The Morgan fingerprint density at radius 3 is 2.13 bits per heavy atom. The first-order valence-electron chi connectivity index (χ1n) is 16.8. The average Bonchev–Trinajstić information content (AvgIpc) is 3.05. The fourth-order valence-corrected chi connectivity index (χ4v) is 3.75. The highest BCUT2D eigenvalue weighted by molar-refractivity contribution is 5.89. The summed E-state index contributed by atoms with van der Waals surface area (Å²) in [5.41, 5.74) is 7.20. The zero-order valence-corrected chi connectivity index (χ0v) is 29.5. The van der Waals surface area contributed by atoms with Gasteiger partial charge >= 0.3 is 6.03 Å². The maximum Gasteiger partial charge on any atom is 0.319 e. The number of phenolic OH excluding ortho intramolecular Hbond substituents is 2. The number of rotatable bonds is 23. The van der Waals surface area contributed by atoms with Crippen LogP contribution in [0.1, 0.15) is 106 Å². The van der Waals surface area contributed by atoms with Gasteiger partial charge in [-0.2, -0.15) is 0 Å². The summed E-state index contributed by atoms with van der Waals surface area (Å²) in [6.07, 6.45) is 12.7. The van der Waals surface area contributed by atoms with E-state index in [1.54, 1.807) is 0 Å². The van der Waals surface area contributed by atoms with Crippen LogP contribution >= 0.6 is 0 Å². The number of unbranched alkanes of at least 4 members (excludes halogenated alkanes) is 3. The molecule has 266 valence electrons. The summed E-state index contributed by atoms with van der Waals surface area (Å²) in [4.78, 5) is 11.8. The predicted octanol–water partition coefficient (Wildman–Crippen LogP) is 6.63. The average molecular weight is 645 g/mol. The van der Waals surface area contributed by atoms with Crippen molar-refractivity contribution in [3.05, 3.63) is 30.1 Å². The van der Waals surface area contributed by atoms with E-state index in [1.807, 2.05) is 20.0 Å². The molecule has 1 rings (SSSR count). The molecule has 0 aliphatic rings. The summed E-state index contributed by atoms with van der Waals surface area (Å²) < 4.78 is 16.3. The molecule has 8 N–H and O–H groups in total. The zero-order valence-electron chi connectivity index (χ0n) is 29.5. The first-order valence-corrected chi connectivity index (χ1v) is 16.8. The van der Waals surface area contributed by atoms with Crippen LogP contribution in [0.2, 0.25) is 0 Å². The van der Waals surface area contributed by atoms with Crippen LogP contribution in [0, 0.1) is 0 Å². The molecule has 0 aromatic heterocycles. The maximum atomic E-state index is 11.8. The Kier molecular flexibility index (Phi) is 38.9. The second-order valence-electron chi connectivity index (χ2n) is 9.77. The standard InChI is InChI=1S/C23H40N4O5.C8H18O.C2H6.CH4O/c1-2-13-31-15-16-32-14-7-3-5-11-25-18-19(24)8-4-6-12-26-23(30)27-20-9-10-21(28)22(29)17-20;1-4-7-8(5-2)9-6-3;2*1-2/h9-10,17-18,25,28-29H,2-8,11-16,24H2,1H3,(H2,26,27,30);8H,4-7H2,1-3H3;1-2H3;2H,1H3/b19-18-;;;. The number of aliphatic hydroxyl groups excluding tert-OH is 1. The molecule has 45 heavy (non-hydrogen) atoms. The van der Waals surface area contributed by atoms with Crippen LogP contribution in [0.15, 0.2) is 30.1 Å². The highest BCUT2D eigenvalue weighted by Crippen LogP contribution is 2.27. The van der Waals surface area contributed by atoms with Crippen LogP contribution < -0.4 is 21.7 Å². The lowest BCUT2D eigenvalue weighted by Gasteiger charge is -2.12. The Balaban J connectivity index is -0.00000115. The summed E-state index contributed by atoms with van der Waals surface area (Å²) >= 11 is 0. The number of allylic oxidation sites excluding steroid dienone is 1. The van der Waals surface area contributed by atoms with Gasteiger partial charge in [0.05, 0.1) is 19.3 Å². The SMILES string of the molecule is CC.CCCC(CC)OCC.CCCOCCOCCCCCN/C=C(\N)CCCCNC(=O)Nc1ccc(O)c(O)c1.CO. The third-order valence-electron chi connectivity index (χ3n) is 6.00. The number of ether oxygens (including phenoxy) is 3. The Morgan fingerprint density at radius 2 is 1.53 bits per heavy atom. The molecular weight excluding hydrogens is 576 g/mol. The number of carbonyl (C=O) groups excluding carboxylic acids is 1. The number of aromatic hydroxyl groups is 2. The van der Waals surface area contributed by atoms with E-state index in [4.69, 9.17) is 25.1 Å². The molecule has 0 saturated heterocycles. The number of nitrogens with two attached hydrogens (primary N) is 1. The molecule has 0 aliphatic heterocycles. The first-order chi connectivity index (χ1) is 21.9. The van der Waals surface area contributed by atoms with Gasteiger partial charge in [0.2, 0.25) is 0 Å². The lowest BCUT2D eigenvalue weighted by atomic mass is 10.2. The highest BCUT2D eigenvalue weighted by Gasteiger charge is 2.05. The second kappa shape index (κ2) is 37.5. The molecule has 1 aromatic carbocycles. The van der Waals surface area contributed by atoms with Crippen molar-refractivity contribution < 1.29 is 34.3 Å². The number of urea groups is 1. The smallest absolute Gasteiger partial charge is 0.319 e. The third kappa shape index (κ3) is 32.5. The van der Waals surface area contributed by atoms with Crippen LogP contribution in [0.4, 0.5) is 10.5 Å². The largest absolute Gasteiger partial charge is 0.504 e. The van der Waals surface area contributed by atoms with Crippen molar-refractivity contribution in [2.24, 2.45) is 5.73 Å². The minimum atomic E-state index is -0.365. The molecule has 2 amide bonds. The minimum absolute atomic E-state index is 0.231. The zero-order chi connectivity index (χ0) is 34.6. The summed E-state index contributed by atoms with van der Waals surface area (Å²) in [7, 11) is 1.00. The van der Waals surface area contributed by atoms with Gasteiger partial charge in [-0.3, -0.25) is 0 Å². The summed E-state index contributed by atoms with van der Waals surface area (Å²) in [6.45, 7) is 17.7. The molecule has 0 saturated carbocycles. The molecule has 0 fully saturated rings. The minimum Gasteiger partial charge on any atom is -0.504 e. The second-order valence-corrected chi connectivity index (χ2v) is 9.77. The summed E-state index contributed by atoms with van der Waals surface area (Å²) in [6, 6.07) is 3.74. The number of anilines is 1. The van der Waals surface area contributed by atoms with Crippen LogP contribution in [0.25, 0.3) is 0 Å². The quantitative estimate of drug-likeness (QED) is 0.0393. The number of amides is 2. The van der Waals surface area contributed by atoms with Gasteiger partial charge in [0.1, 0.15) is 0 Å². The van der Waals surface area contributed by atoms with E-state index in [2.05, 4.69) is 43.6 Å². The van der Waals surface area contributed by atoms with Crippen molar-refractivity contribution in [2.45, 2.75) is 112 Å². The lowest BCUT2D eigenvalue weighted by Crippen LogP contribution is -2.29. The molecule has 0 bridgehead atoms. The van der Waals surface area contributed by atoms with Crippen molar-refractivity contribution in [2.75, 3.05) is 58.6 Å². The number of hydrogen-bond acceptors (Lipinski definition) is 9. The van der Waals surface area contributed by atoms with Crippen LogP contribution in [0.3, 0.4) is 0 Å². The number of aliphatic hydroxyl groups is 1. The van der Waals surface area contributed by atoms with Gasteiger partial charge in [-0.25, -0.2) is 4.79 Å². The molecule has 0 heterocycles. The molecule has 1 aromatic rings. The Bertz CT molecular complexity index is 792. The Hall–Kier alpha value is -2.73. The lowest BCUT2D eigenvalue weighted by molar-refractivity contribution is 0.0466. The van der Waals surface area contributed by atoms with Crippen molar-refractivity contribution in [3.63, 3.8) is 0 Å². The molecule has 0 radical (unpaired) electrons. The highest BCUT2D eigenvalue weighted by atomic mass is 16.5. The predicted molar refractivity (Wildman–Crippen MR) is 187 cm³/mol. The van der Waals surface area contributed by atoms with E-state index in [1.165, 1.54) is 31.0 Å². The summed E-state index contributed by atoms with van der Waals surface area (Å²) in [5, 5.41) is 34.3. The molecule has 0 aliphatic carbocycles. The van der Waals surface area contributed by atoms with Crippen LogP contribution in [-0.2, 0) is 14.2 Å². The van der Waals surface area contributed by atoms with Gasteiger partial charge in [0.15, 0.2) is 11.5 Å². The topological polar surface area (TPSA) is 168 Å². The van der Waals surface area contributed by atoms with Crippen molar-refractivity contribution in [1.82, 2.24) is 10.6 Å².